The molecule has 176 valence electrons. The van der Waals surface area contributed by atoms with E-state index in [-0.39, 0.29) is 34.5 Å². The molecule has 1 saturated heterocycles. The Morgan fingerprint density at radius 1 is 1.18 bits per heavy atom. The number of thiophene rings is 1. The van der Waals surface area contributed by atoms with Crippen molar-refractivity contribution in [3.05, 3.63) is 47.2 Å². The maximum atomic E-state index is 12.7. The largest absolute Gasteiger partial charge is 0.491 e. The fourth-order valence-electron chi connectivity index (χ4n) is 3.44. The van der Waals surface area contributed by atoms with E-state index in [2.05, 4.69) is 14.9 Å². The minimum absolute atomic E-state index is 0.0696. The fourth-order valence-corrected chi connectivity index (χ4v) is 5.65. The second kappa shape index (κ2) is 10.0. The second-order valence-electron chi connectivity index (χ2n) is 8.05. The van der Waals surface area contributed by atoms with Crippen LogP contribution in [0.5, 0.6) is 5.75 Å². The highest BCUT2D eigenvalue weighted by molar-refractivity contribution is 7.91. The highest BCUT2D eigenvalue weighted by Gasteiger charge is 2.25. The first-order valence-electron chi connectivity index (χ1n) is 10.8. The number of sulfonamides is 1. The maximum Gasteiger partial charge on any atom is 0.311 e. The van der Waals surface area contributed by atoms with Gasteiger partial charge in [0.2, 0.25) is 15.9 Å². The Balaban J connectivity index is 1.40. The van der Waals surface area contributed by atoms with Crippen LogP contribution in [0.1, 0.15) is 49.4 Å². The number of hydrogen-bond donors (Lipinski definition) is 1. The smallest absolute Gasteiger partial charge is 0.311 e. The summed E-state index contributed by atoms with van der Waals surface area (Å²) in [6.45, 7) is 5.39. The SMILES string of the molecule is CC(C)Oc1ccc(CNS(=O)(=O)c2cc(-c3nnc(C(=O)N4CCCCC4)o3)cs2)cc1. The van der Waals surface area contributed by atoms with Gasteiger partial charge in [0.05, 0.1) is 11.7 Å². The molecule has 0 unspecified atom stereocenters. The van der Waals surface area contributed by atoms with Gasteiger partial charge in [-0.1, -0.05) is 12.1 Å². The first kappa shape index (κ1) is 23.4. The van der Waals surface area contributed by atoms with Gasteiger partial charge in [0.1, 0.15) is 9.96 Å². The molecule has 0 radical (unpaired) electrons. The Bertz CT molecular complexity index is 1200. The van der Waals surface area contributed by atoms with Crippen molar-refractivity contribution >= 4 is 27.3 Å². The number of rotatable bonds is 8. The highest BCUT2D eigenvalue weighted by atomic mass is 32.2. The second-order valence-corrected chi connectivity index (χ2v) is 11.0. The van der Waals surface area contributed by atoms with Gasteiger partial charge < -0.3 is 14.1 Å². The van der Waals surface area contributed by atoms with Crippen molar-refractivity contribution in [2.24, 2.45) is 0 Å². The lowest BCUT2D eigenvalue weighted by Gasteiger charge is -2.24. The summed E-state index contributed by atoms with van der Waals surface area (Å²) in [4.78, 5) is 14.2. The zero-order valence-corrected chi connectivity index (χ0v) is 20.1. The molecule has 0 spiro atoms. The first-order valence-corrected chi connectivity index (χ1v) is 13.1. The van der Waals surface area contributed by atoms with Crippen molar-refractivity contribution in [2.45, 2.75) is 50.0 Å². The number of nitrogens with zero attached hydrogens (tertiary/aromatic N) is 3. The third-order valence-corrected chi connectivity index (χ3v) is 7.94. The number of amides is 1. The van der Waals surface area contributed by atoms with Crippen LogP contribution in [0.2, 0.25) is 0 Å². The minimum atomic E-state index is -3.73. The summed E-state index contributed by atoms with van der Waals surface area (Å²) in [6, 6.07) is 8.73. The average molecular weight is 491 g/mol. The molecule has 3 aromatic rings. The Labute approximate surface area is 196 Å². The molecular formula is C22H26N4O5S2. The molecule has 1 aliphatic rings. The number of carbonyl (C=O) groups excluding carboxylic acids is 1. The number of aromatic nitrogens is 2. The predicted molar refractivity (Wildman–Crippen MR) is 124 cm³/mol. The van der Waals surface area contributed by atoms with Crippen molar-refractivity contribution in [3.63, 3.8) is 0 Å². The molecule has 2 aromatic heterocycles. The molecular weight excluding hydrogens is 464 g/mol. The van der Waals surface area contributed by atoms with Crippen LogP contribution in [0, 0.1) is 0 Å². The van der Waals surface area contributed by atoms with E-state index in [0.29, 0.717) is 18.7 Å². The molecule has 1 amide bonds. The average Bonchev–Trinajstić information content (AvgIpc) is 3.49. The summed E-state index contributed by atoms with van der Waals surface area (Å²) in [7, 11) is -3.73. The van der Waals surface area contributed by atoms with E-state index in [4.69, 9.17) is 9.15 Å². The van der Waals surface area contributed by atoms with Crippen LogP contribution in [-0.2, 0) is 16.6 Å². The van der Waals surface area contributed by atoms with Crippen LogP contribution < -0.4 is 9.46 Å². The zero-order chi connectivity index (χ0) is 23.4. The number of piperidine rings is 1. The summed E-state index contributed by atoms with van der Waals surface area (Å²) in [5.74, 6) is 0.486. The zero-order valence-electron chi connectivity index (χ0n) is 18.5. The molecule has 1 N–H and O–H groups in total. The van der Waals surface area contributed by atoms with Gasteiger partial charge in [-0.05, 0) is 56.9 Å². The normalized spacial score (nSPS) is 14.6. The highest BCUT2D eigenvalue weighted by Crippen LogP contribution is 2.28. The lowest BCUT2D eigenvalue weighted by Crippen LogP contribution is -2.35. The van der Waals surface area contributed by atoms with Gasteiger partial charge in [-0.2, -0.15) is 0 Å². The van der Waals surface area contributed by atoms with E-state index in [1.807, 2.05) is 38.1 Å². The fraction of sp³-hybridized carbons (Fsp3) is 0.409. The molecule has 0 bridgehead atoms. The summed E-state index contributed by atoms with van der Waals surface area (Å²) in [6.07, 6.45) is 3.10. The van der Waals surface area contributed by atoms with Gasteiger partial charge in [-0.3, -0.25) is 4.79 Å². The van der Waals surface area contributed by atoms with Gasteiger partial charge in [-0.25, -0.2) is 13.1 Å². The van der Waals surface area contributed by atoms with Gasteiger partial charge in [0.25, 0.3) is 0 Å². The Kier molecular flexibility index (Phi) is 7.11. The first-order chi connectivity index (χ1) is 15.8. The van der Waals surface area contributed by atoms with Gasteiger partial charge in [-0.15, -0.1) is 21.5 Å². The molecule has 3 heterocycles. The number of carbonyl (C=O) groups is 1. The minimum Gasteiger partial charge on any atom is -0.491 e. The van der Waals surface area contributed by atoms with Crippen LogP contribution in [-0.4, -0.2) is 48.6 Å². The maximum absolute atomic E-state index is 12.7. The molecule has 0 saturated carbocycles. The van der Waals surface area contributed by atoms with E-state index in [1.165, 1.54) is 6.07 Å². The van der Waals surface area contributed by atoms with Crippen LogP contribution in [0.15, 0.2) is 44.3 Å². The van der Waals surface area contributed by atoms with Crippen LogP contribution in [0.25, 0.3) is 11.5 Å². The lowest BCUT2D eigenvalue weighted by atomic mass is 10.1. The molecule has 4 rings (SSSR count). The van der Waals surface area contributed by atoms with E-state index in [0.717, 1.165) is 41.9 Å². The topological polar surface area (TPSA) is 115 Å². The number of likely N-dealkylation sites (tertiary alicyclic amines) is 1. The van der Waals surface area contributed by atoms with E-state index >= 15 is 0 Å². The van der Waals surface area contributed by atoms with Crippen molar-refractivity contribution in [3.8, 4) is 17.2 Å². The quantitative estimate of drug-likeness (QED) is 0.512. The van der Waals surface area contributed by atoms with Crippen molar-refractivity contribution in [2.75, 3.05) is 13.1 Å². The number of hydrogen-bond acceptors (Lipinski definition) is 8. The summed E-state index contributed by atoms with van der Waals surface area (Å²) >= 11 is 1.05. The van der Waals surface area contributed by atoms with Gasteiger partial charge >= 0.3 is 11.8 Å². The predicted octanol–water partition coefficient (Wildman–Crippen LogP) is 3.69. The third kappa shape index (κ3) is 5.79. The monoisotopic (exact) mass is 490 g/mol. The van der Waals surface area contributed by atoms with Crippen molar-refractivity contribution in [1.29, 1.82) is 0 Å². The molecule has 0 atom stereocenters. The summed E-state index contributed by atoms with van der Waals surface area (Å²) < 4.78 is 39.3. The van der Waals surface area contributed by atoms with E-state index in [9.17, 15) is 13.2 Å². The third-order valence-electron chi connectivity index (χ3n) is 5.10. The Hall–Kier alpha value is -2.76. The summed E-state index contributed by atoms with van der Waals surface area (Å²) in [5.41, 5.74) is 1.27. The molecule has 11 heteroatoms. The molecule has 1 fully saturated rings. The van der Waals surface area contributed by atoms with Crippen LogP contribution in [0.4, 0.5) is 0 Å². The summed E-state index contributed by atoms with van der Waals surface area (Å²) in [5, 5.41) is 9.42. The molecule has 0 aliphatic carbocycles. The molecule has 1 aromatic carbocycles. The molecule has 33 heavy (non-hydrogen) atoms. The standard InChI is InChI=1S/C22H26N4O5S2/c1-15(2)30-18-8-6-16(7-9-18)13-23-33(28,29)19-12-17(14-32-19)20-24-25-21(31-20)22(27)26-10-4-3-5-11-26/h6-9,12,14-15,23H,3-5,10-11,13H2,1-2H3. The van der Waals surface area contributed by atoms with Crippen molar-refractivity contribution < 1.29 is 22.4 Å². The number of ether oxygens (including phenoxy) is 1. The van der Waals surface area contributed by atoms with E-state index in [1.54, 1.807) is 10.3 Å². The lowest BCUT2D eigenvalue weighted by molar-refractivity contribution is 0.0684. The van der Waals surface area contributed by atoms with Gasteiger partial charge in [0, 0.05) is 25.0 Å². The van der Waals surface area contributed by atoms with E-state index < -0.39 is 10.0 Å². The van der Waals surface area contributed by atoms with Crippen LogP contribution in [0.3, 0.4) is 0 Å². The van der Waals surface area contributed by atoms with Gasteiger partial charge in [0.15, 0.2) is 0 Å². The molecule has 1 aliphatic heterocycles. The van der Waals surface area contributed by atoms with Crippen molar-refractivity contribution in [1.82, 2.24) is 19.8 Å². The Morgan fingerprint density at radius 2 is 1.91 bits per heavy atom. The number of benzene rings is 1. The Morgan fingerprint density at radius 3 is 2.61 bits per heavy atom. The number of nitrogens with one attached hydrogen (secondary N) is 1. The van der Waals surface area contributed by atoms with Crippen LogP contribution >= 0.6 is 11.3 Å². The molecule has 9 nitrogen and oxygen atoms in total.